The molecular formula is C12H16O2. The molecule has 0 unspecified atom stereocenters. The summed E-state index contributed by atoms with van der Waals surface area (Å²) in [5.74, 6) is -0.458. The van der Waals surface area contributed by atoms with E-state index in [9.17, 15) is 0 Å². The van der Waals surface area contributed by atoms with Crippen molar-refractivity contribution < 1.29 is 9.47 Å². The molecule has 0 bridgehead atoms. The molecule has 2 nitrogen and oxygen atoms in total. The molecule has 1 saturated heterocycles. The lowest BCUT2D eigenvalue weighted by molar-refractivity contribution is -0.145. The SMILES string of the molecule is C[C@@H]1OC(C)(C)O[C@@H]1c1ccccc1. The van der Waals surface area contributed by atoms with Crippen LogP contribution in [0.25, 0.3) is 0 Å². The predicted molar refractivity (Wildman–Crippen MR) is 54.9 cm³/mol. The molecule has 14 heavy (non-hydrogen) atoms. The molecule has 0 radical (unpaired) electrons. The smallest absolute Gasteiger partial charge is 0.164 e. The van der Waals surface area contributed by atoms with Gasteiger partial charge >= 0.3 is 0 Å². The van der Waals surface area contributed by atoms with Gasteiger partial charge in [-0.1, -0.05) is 30.3 Å². The van der Waals surface area contributed by atoms with E-state index in [-0.39, 0.29) is 12.2 Å². The van der Waals surface area contributed by atoms with Gasteiger partial charge in [-0.05, 0) is 26.3 Å². The van der Waals surface area contributed by atoms with Crippen LogP contribution >= 0.6 is 0 Å². The molecule has 0 aromatic heterocycles. The topological polar surface area (TPSA) is 18.5 Å². The second-order valence-electron chi connectivity index (χ2n) is 4.17. The van der Waals surface area contributed by atoms with Crippen LogP contribution in [0.4, 0.5) is 0 Å². The molecule has 0 saturated carbocycles. The maximum Gasteiger partial charge on any atom is 0.164 e. The van der Waals surface area contributed by atoms with Crippen LogP contribution in [-0.4, -0.2) is 11.9 Å². The van der Waals surface area contributed by atoms with E-state index in [0.717, 1.165) is 0 Å². The first kappa shape index (κ1) is 9.69. The molecule has 2 rings (SSSR count). The van der Waals surface area contributed by atoms with Crippen molar-refractivity contribution in [3.63, 3.8) is 0 Å². The van der Waals surface area contributed by atoms with Crippen molar-refractivity contribution in [3.05, 3.63) is 35.9 Å². The average molecular weight is 192 g/mol. The predicted octanol–water partition coefficient (Wildman–Crippen LogP) is 2.90. The van der Waals surface area contributed by atoms with Crippen molar-refractivity contribution in [1.82, 2.24) is 0 Å². The third-order valence-corrected chi connectivity index (χ3v) is 2.43. The van der Waals surface area contributed by atoms with Gasteiger partial charge in [-0.25, -0.2) is 0 Å². The van der Waals surface area contributed by atoms with Gasteiger partial charge in [-0.2, -0.15) is 0 Å². The van der Waals surface area contributed by atoms with Crippen LogP contribution in [0.3, 0.4) is 0 Å². The summed E-state index contributed by atoms with van der Waals surface area (Å²) in [5, 5.41) is 0. The Balaban J connectivity index is 2.21. The highest BCUT2D eigenvalue weighted by molar-refractivity contribution is 5.19. The molecule has 1 aliphatic rings. The van der Waals surface area contributed by atoms with Gasteiger partial charge in [-0.15, -0.1) is 0 Å². The summed E-state index contributed by atoms with van der Waals surface area (Å²) in [4.78, 5) is 0. The van der Waals surface area contributed by atoms with Crippen LogP contribution in [0.2, 0.25) is 0 Å². The minimum Gasteiger partial charge on any atom is -0.344 e. The zero-order chi connectivity index (χ0) is 10.2. The number of rotatable bonds is 1. The number of hydrogen-bond donors (Lipinski definition) is 0. The van der Waals surface area contributed by atoms with Crippen LogP contribution in [-0.2, 0) is 9.47 Å². The summed E-state index contributed by atoms with van der Waals surface area (Å²) in [6.45, 7) is 5.95. The van der Waals surface area contributed by atoms with Crippen LogP contribution in [0.5, 0.6) is 0 Å². The highest BCUT2D eigenvalue weighted by Crippen LogP contribution is 2.37. The lowest BCUT2D eigenvalue weighted by Gasteiger charge is -2.16. The molecule has 1 aromatic rings. The molecule has 76 valence electrons. The van der Waals surface area contributed by atoms with E-state index >= 15 is 0 Å². The molecule has 0 amide bonds. The van der Waals surface area contributed by atoms with Crippen molar-refractivity contribution in [2.75, 3.05) is 0 Å². The third-order valence-electron chi connectivity index (χ3n) is 2.43. The molecular weight excluding hydrogens is 176 g/mol. The van der Waals surface area contributed by atoms with E-state index in [2.05, 4.69) is 12.1 Å². The van der Waals surface area contributed by atoms with Gasteiger partial charge in [-0.3, -0.25) is 0 Å². The fraction of sp³-hybridized carbons (Fsp3) is 0.500. The van der Waals surface area contributed by atoms with Crippen molar-refractivity contribution in [1.29, 1.82) is 0 Å². The fourth-order valence-corrected chi connectivity index (χ4v) is 1.92. The highest BCUT2D eigenvalue weighted by Gasteiger charge is 2.39. The Morgan fingerprint density at radius 2 is 1.71 bits per heavy atom. The van der Waals surface area contributed by atoms with Gasteiger partial charge < -0.3 is 9.47 Å². The van der Waals surface area contributed by atoms with Crippen molar-refractivity contribution in [2.45, 2.75) is 38.8 Å². The van der Waals surface area contributed by atoms with Gasteiger partial charge in [0.05, 0.1) is 6.10 Å². The minimum atomic E-state index is -0.458. The molecule has 0 N–H and O–H groups in total. The zero-order valence-corrected chi connectivity index (χ0v) is 8.86. The molecule has 1 aliphatic heterocycles. The largest absolute Gasteiger partial charge is 0.344 e. The van der Waals surface area contributed by atoms with Gasteiger partial charge in [0.15, 0.2) is 5.79 Å². The van der Waals surface area contributed by atoms with E-state index in [1.807, 2.05) is 39.0 Å². The Morgan fingerprint density at radius 1 is 1.07 bits per heavy atom. The van der Waals surface area contributed by atoms with Gasteiger partial charge in [0.1, 0.15) is 6.10 Å². The molecule has 1 heterocycles. The first-order valence-corrected chi connectivity index (χ1v) is 4.99. The zero-order valence-electron chi connectivity index (χ0n) is 8.86. The van der Waals surface area contributed by atoms with E-state index in [1.54, 1.807) is 0 Å². The summed E-state index contributed by atoms with van der Waals surface area (Å²) < 4.78 is 11.5. The quantitative estimate of drug-likeness (QED) is 0.681. The first-order chi connectivity index (χ1) is 6.58. The second kappa shape index (κ2) is 3.37. The maximum atomic E-state index is 5.82. The molecule has 0 spiro atoms. The van der Waals surface area contributed by atoms with E-state index in [0.29, 0.717) is 0 Å². The van der Waals surface area contributed by atoms with E-state index in [4.69, 9.17) is 9.47 Å². The van der Waals surface area contributed by atoms with Crippen molar-refractivity contribution in [3.8, 4) is 0 Å². The molecule has 1 fully saturated rings. The van der Waals surface area contributed by atoms with Crippen LogP contribution in [0.1, 0.15) is 32.4 Å². The summed E-state index contributed by atoms with van der Waals surface area (Å²) in [7, 11) is 0. The Morgan fingerprint density at radius 3 is 2.21 bits per heavy atom. The molecule has 2 atom stereocenters. The number of hydrogen-bond acceptors (Lipinski definition) is 2. The van der Waals surface area contributed by atoms with Crippen molar-refractivity contribution >= 4 is 0 Å². The normalized spacial score (nSPS) is 30.5. The van der Waals surface area contributed by atoms with Gasteiger partial charge in [0.25, 0.3) is 0 Å². The van der Waals surface area contributed by atoms with Gasteiger partial charge in [0.2, 0.25) is 0 Å². The number of ether oxygens (including phenoxy) is 2. The molecule has 0 aliphatic carbocycles. The summed E-state index contributed by atoms with van der Waals surface area (Å²) in [6.07, 6.45) is 0.179. The Labute approximate surface area is 84.8 Å². The molecule has 2 heteroatoms. The standard InChI is InChI=1S/C12H16O2/c1-9-11(14-12(2,3)13-9)10-7-5-4-6-8-10/h4-9,11H,1-3H3/t9-,11-/m0/s1. The Bertz CT molecular complexity index is 305. The second-order valence-corrected chi connectivity index (χ2v) is 4.17. The molecule has 1 aromatic carbocycles. The Hall–Kier alpha value is -0.860. The maximum absolute atomic E-state index is 5.82. The van der Waals surface area contributed by atoms with Crippen LogP contribution in [0.15, 0.2) is 30.3 Å². The third kappa shape index (κ3) is 1.81. The first-order valence-electron chi connectivity index (χ1n) is 4.99. The summed E-state index contributed by atoms with van der Waals surface area (Å²) >= 11 is 0. The average Bonchev–Trinajstić information content (AvgIpc) is 2.41. The highest BCUT2D eigenvalue weighted by atomic mass is 16.7. The minimum absolute atomic E-state index is 0.0613. The van der Waals surface area contributed by atoms with Crippen LogP contribution in [0, 0.1) is 0 Å². The summed E-state index contributed by atoms with van der Waals surface area (Å²) in [6, 6.07) is 10.2. The van der Waals surface area contributed by atoms with E-state index < -0.39 is 5.79 Å². The lowest BCUT2D eigenvalue weighted by Crippen LogP contribution is -2.20. The van der Waals surface area contributed by atoms with Gasteiger partial charge in [0, 0.05) is 0 Å². The van der Waals surface area contributed by atoms with Crippen LogP contribution < -0.4 is 0 Å². The van der Waals surface area contributed by atoms with Crippen molar-refractivity contribution in [2.24, 2.45) is 0 Å². The fourth-order valence-electron chi connectivity index (χ4n) is 1.92. The van der Waals surface area contributed by atoms with E-state index in [1.165, 1.54) is 5.56 Å². The summed E-state index contributed by atoms with van der Waals surface area (Å²) in [5.41, 5.74) is 1.19. The lowest BCUT2D eigenvalue weighted by atomic mass is 10.1. The Kier molecular flexibility index (Phi) is 2.33. The monoisotopic (exact) mass is 192 g/mol. The number of benzene rings is 1.